The lowest BCUT2D eigenvalue weighted by Gasteiger charge is -2.26. The highest BCUT2D eigenvalue weighted by Gasteiger charge is 2.21. The van der Waals surface area contributed by atoms with Gasteiger partial charge in [-0.2, -0.15) is 0 Å². The molecule has 0 aromatic carbocycles. The van der Waals surface area contributed by atoms with Crippen molar-refractivity contribution >= 4 is 0 Å². The zero-order chi connectivity index (χ0) is 10.3. The van der Waals surface area contributed by atoms with Crippen LogP contribution < -0.4 is 5.32 Å². The first kappa shape index (κ1) is 12.9. The van der Waals surface area contributed by atoms with Crippen molar-refractivity contribution in [1.82, 2.24) is 5.32 Å². The van der Waals surface area contributed by atoms with E-state index in [1.165, 1.54) is 0 Å². The molecule has 80 valence electrons. The summed E-state index contributed by atoms with van der Waals surface area (Å²) in [6.45, 7) is 7.45. The highest BCUT2D eigenvalue weighted by molar-refractivity contribution is 4.77. The predicted molar refractivity (Wildman–Crippen MR) is 54.9 cm³/mol. The van der Waals surface area contributed by atoms with Crippen LogP contribution in [0.15, 0.2) is 0 Å². The normalized spacial score (nSPS) is 14.5. The number of aliphatic hydroxyl groups is 1. The summed E-state index contributed by atoms with van der Waals surface area (Å²) >= 11 is 0. The Bertz CT molecular complexity index is 124. The Kier molecular flexibility index (Phi) is 6.29. The molecule has 0 bridgehead atoms. The predicted octanol–water partition coefficient (Wildman–Crippen LogP) is 1.16. The van der Waals surface area contributed by atoms with Crippen LogP contribution in [0.2, 0.25) is 0 Å². The van der Waals surface area contributed by atoms with Gasteiger partial charge in [0.05, 0.1) is 11.7 Å². The molecule has 2 N–H and O–H groups in total. The molecule has 0 fully saturated rings. The Morgan fingerprint density at radius 3 is 2.31 bits per heavy atom. The fourth-order valence-electron chi connectivity index (χ4n) is 1.09. The molecule has 13 heavy (non-hydrogen) atoms. The lowest BCUT2D eigenvalue weighted by molar-refractivity contribution is 0.0278. The van der Waals surface area contributed by atoms with Gasteiger partial charge in [-0.15, -0.1) is 0 Å². The maximum Gasteiger partial charge on any atom is 0.0766 e. The van der Waals surface area contributed by atoms with E-state index in [1.807, 2.05) is 20.8 Å². The van der Waals surface area contributed by atoms with E-state index < -0.39 is 5.60 Å². The average Bonchev–Trinajstić information content (AvgIpc) is 2.17. The van der Waals surface area contributed by atoms with Gasteiger partial charge in [0.15, 0.2) is 0 Å². The molecule has 0 aliphatic carbocycles. The largest absolute Gasteiger partial charge is 0.389 e. The highest BCUT2D eigenvalue weighted by Crippen LogP contribution is 2.12. The Labute approximate surface area is 81.5 Å². The molecule has 0 rings (SSSR count). The number of nitrogens with one attached hydrogen (secondary N) is 1. The van der Waals surface area contributed by atoms with Crippen molar-refractivity contribution in [1.29, 1.82) is 0 Å². The van der Waals surface area contributed by atoms with E-state index in [4.69, 9.17) is 4.74 Å². The quantitative estimate of drug-likeness (QED) is 0.631. The van der Waals surface area contributed by atoms with Crippen LogP contribution in [-0.4, -0.2) is 37.0 Å². The van der Waals surface area contributed by atoms with Gasteiger partial charge < -0.3 is 15.2 Å². The molecule has 3 heteroatoms. The van der Waals surface area contributed by atoms with Gasteiger partial charge in [0.25, 0.3) is 0 Å². The minimum Gasteiger partial charge on any atom is -0.389 e. The number of rotatable bonds is 7. The van der Waals surface area contributed by atoms with E-state index in [0.29, 0.717) is 6.54 Å². The number of hydrogen-bond acceptors (Lipinski definition) is 3. The second-order valence-corrected chi connectivity index (χ2v) is 3.61. The fourth-order valence-corrected chi connectivity index (χ4v) is 1.09. The summed E-state index contributed by atoms with van der Waals surface area (Å²) in [5.41, 5.74) is -0.548. The van der Waals surface area contributed by atoms with Crippen LogP contribution in [-0.2, 0) is 4.74 Å². The third-order valence-electron chi connectivity index (χ3n) is 2.60. The van der Waals surface area contributed by atoms with E-state index in [9.17, 15) is 5.11 Å². The summed E-state index contributed by atoms with van der Waals surface area (Å²) in [7, 11) is 1.69. The van der Waals surface area contributed by atoms with Crippen LogP contribution in [0, 0.1) is 0 Å². The molecule has 3 nitrogen and oxygen atoms in total. The zero-order valence-corrected chi connectivity index (χ0v) is 9.26. The molecule has 0 saturated carbocycles. The maximum absolute atomic E-state index is 9.91. The van der Waals surface area contributed by atoms with Gasteiger partial charge in [0.2, 0.25) is 0 Å². The van der Waals surface area contributed by atoms with Crippen LogP contribution in [0.3, 0.4) is 0 Å². The number of methoxy groups -OCH3 is 1. The van der Waals surface area contributed by atoms with E-state index >= 15 is 0 Å². The second kappa shape index (κ2) is 6.35. The summed E-state index contributed by atoms with van der Waals surface area (Å²) in [6.07, 6.45) is 1.79. The molecule has 0 amide bonds. The van der Waals surface area contributed by atoms with Gasteiger partial charge >= 0.3 is 0 Å². The van der Waals surface area contributed by atoms with Crippen molar-refractivity contribution in [3.8, 4) is 0 Å². The van der Waals surface area contributed by atoms with Crippen LogP contribution in [0.1, 0.15) is 33.6 Å². The van der Waals surface area contributed by atoms with Crippen LogP contribution >= 0.6 is 0 Å². The fraction of sp³-hybridized carbons (Fsp3) is 1.00. The maximum atomic E-state index is 9.91. The van der Waals surface area contributed by atoms with E-state index in [0.717, 1.165) is 19.4 Å². The van der Waals surface area contributed by atoms with E-state index in [-0.39, 0.29) is 6.10 Å². The third kappa shape index (κ3) is 5.24. The molecule has 1 unspecified atom stereocenters. The molecule has 0 saturated heterocycles. The molecular formula is C10H23NO2. The first-order chi connectivity index (χ1) is 6.08. The average molecular weight is 189 g/mol. The van der Waals surface area contributed by atoms with Gasteiger partial charge in [0, 0.05) is 20.2 Å². The van der Waals surface area contributed by atoms with Crippen LogP contribution in [0.4, 0.5) is 0 Å². The molecule has 0 radical (unpaired) electrons. The first-order valence-corrected chi connectivity index (χ1v) is 5.04. The monoisotopic (exact) mass is 189 g/mol. The molecule has 0 aliphatic rings. The lowest BCUT2D eigenvalue weighted by Crippen LogP contribution is -2.41. The first-order valence-electron chi connectivity index (χ1n) is 5.04. The van der Waals surface area contributed by atoms with Gasteiger partial charge in [-0.05, 0) is 19.8 Å². The van der Waals surface area contributed by atoms with Gasteiger partial charge in [-0.3, -0.25) is 0 Å². The van der Waals surface area contributed by atoms with Crippen molar-refractivity contribution in [3.63, 3.8) is 0 Å². The molecule has 0 spiro atoms. The van der Waals surface area contributed by atoms with E-state index in [2.05, 4.69) is 5.32 Å². The minimum absolute atomic E-state index is 0.206. The number of ether oxygens (including phenoxy) is 1. The van der Waals surface area contributed by atoms with Crippen molar-refractivity contribution in [2.24, 2.45) is 0 Å². The van der Waals surface area contributed by atoms with Gasteiger partial charge in [-0.25, -0.2) is 0 Å². The Hall–Kier alpha value is -0.120. The Balaban J connectivity index is 3.61. The molecule has 0 aromatic rings. The topological polar surface area (TPSA) is 41.5 Å². The summed E-state index contributed by atoms with van der Waals surface area (Å²) in [5, 5.41) is 13.1. The van der Waals surface area contributed by atoms with Crippen molar-refractivity contribution in [2.45, 2.75) is 45.3 Å². The summed E-state index contributed by atoms with van der Waals surface area (Å²) in [4.78, 5) is 0. The summed E-state index contributed by atoms with van der Waals surface area (Å²) < 4.78 is 5.09. The Morgan fingerprint density at radius 2 is 1.92 bits per heavy atom. The molecule has 0 aliphatic heterocycles. The smallest absolute Gasteiger partial charge is 0.0766 e. The Morgan fingerprint density at radius 1 is 1.38 bits per heavy atom. The minimum atomic E-state index is -0.548. The standard InChI is InChI=1S/C10H23NO2/c1-5-10(12,6-2)8-11-7-9(3)13-4/h9,11-12H,5-8H2,1-4H3. The van der Waals surface area contributed by atoms with Crippen molar-refractivity contribution in [2.75, 3.05) is 20.2 Å². The van der Waals surface area contributed by atoms with Gasteiger partial charge in [0.1, 0.15) is 0 Å². The summed E-state index contributed by atoms with van der Waals surface area (Å²) in [6, 6.07) is 0. The molecule has 0 heterocycles. The highest BCUT2D eigenvalue weighted by atomic mass is 16.5. The zero-order valence-electron chi connectivity index (χ0n) is 9.26. The molecule has 0 aromatic heterocycles. The SMILES string of the molecule is CCC(O)(CC)CNCC(C)OC. The summed E-state index contributed by atoms with van der Waals surface area (Å²) in [5.74, 6) is 0. The molecular weight excluding hydrogens is 166 g/mol. The lowest BCUT2D eigenvalue weighted by atomic mass is 9.98. The van der Waals surface area contributed by atoms with Crippen LogP contribution in [0.5, 0.6) is 0 Å². The second-order valence-electron chi connectivity index (χ2n) is 3.61. The van der Waals surface area contributed by atoms with Crippen LogP contribution in [0.25, 0.3) is 0 Å². The molecule has 1 atom stereocenters. The third-order valence-corrected chi connectivity index (χ3v) is 2.60. The van der Waals surface area contributed by atoms with E-state index in [1.54, 1.807) is 7.11 Å². The number of hydrogen-bond donors (Lipinski definition) is 2. The van der Waals surface area contributed by atoms with Crippen molar-refractivity contribution < 1.29 is 9.84 Å². The van der Waals surface area contributed by atoms with Crippen molar-refractivity contribution in [3.05, 3.63) is 0 Å². The van der Waals surface area contributed by atoms with Gasteiger partial charge in [-0.1, -0.05) is 13.8 Å².